The Bertz CT molecular complexity index is 608. The minimum atomic E-state index is -0.524. The summed E-state index contributed by atoms with van der Waals surface area (Å²) in [7, 11) is 0. The molecule has 0 heterocycles. The van der Waals surface area contributed by atoms with E-state index >= 15 is 0 Å². The van der Waals surface area contributed by atoms with Crippen LogP contribution >= 0.6 is 0 Å². The van der Waals surface area contributed by atoms with E-state index in [9.17, 15) is 4.79 Å². The highest BCUT2D eigenvalue weighted by Gasteiger charge is 2.18. The van der Waals surface area contributed by atoms with Gasteiger partial charge in [0.1, 0.15) is 11.5 Å². The van der Waals surface area contributed by atoms with Crippen LogP contribution in [0, 0.1) is 0 Å². The van der Waals surface area contributed by atoms with Crippen LogP contribution in [0.5, 0.6) is 11.5 Å². The Kier molecular flexibility index (Phi) is 6.03. The van der Waals surface area contributed by atoms with Crippen molar-refractivity contribution in [2.75, 3.05) is 5.32 Å². The Balaban J connectivity index is 1.96. The van der Waals surface area contributed by atoms with Crippen molar-refractivity contribution < 1.29 is 14.3 Å². The molecule has 0 aliphatic rings. The number of anilines is 1. The highest BCUT2D eigenvalue weighted by Crippen LogP contribution is 2.18. The van der Waals surface area contributed by atoms with E-state index in [4.69, 9.17) is 9.47 Å². The number of carbonyl (C=O) groups excluding carboxylic acids is 1. The molecule has 0 aromatic heterocycles. The largest absolute Gasteiger partial charge is 0.491 e. The van der Waals surface area contributed by atoms with Gasteiger partial charge in [-0.15, -0.1) is 0 Å². The van der Waals surface area contributed by atoms with Crippen LogP contribution in [0.2, 0.25) is 0 Å². The minimum absolute atomic E-state index is 0.124. The topological polar surface area (TPSA) is 47.6 Å². The summed E-state index contributed by atoms with van der Waals surface area (Å²) in [5, 5.41) is 2.87. The predicted molar refractivity (Wildman–Crippen MR) is 92.0 cm³/mol. The maximum Gasteiger partial charge on any atom is 0.265 e. The third-order valence-electron chi connectivity index (χ3n) is 3.18. The molecule has 23 heavy (non-hydrogen) atoms. The third kappa shape index (κ3) is 5.33. The van der Waals surface area contributed by atoms with Gasteiger partial charge in [-0.3, -0.25) is 4.79 Å². The van der Waals surface area contributed by atoms with Gasteiger partial charge in [0.2, 0.25) is 0 Å². The zero-order valence-corrected chi connectivity index (χ0v) is 13.8. The first-order valence-electron chi connectivity index (χ1n) is 7.87. The highest BCUT2D eigenvalue weighted by molar-refractivity contribution is 5.94. The van der Waals surface area contributed by atoms with Crippen molar-refractivity contribution in [3.8, 4) is 11.5 Å². The molecule has 1 N–H and O–H groups in total. The van der Waals surface area contributed by atoms with Crippen molar-refractivity contribution in [1.29, 1.82) is 0 Å². The van der Waals surface area contributed by atoms with E-state index in [0.29, 0.717) is 12.2 Å². The summed E-state index contributed by atoms with van der Waals surface area (Å²) in [5.41, 5.74) is 0.723. The summed E-state index contributed by atoms with van der Waals surface area (Å²) in [5.74, 6) is 1.31. The summed E-state index contributed by atoms with van der Waals surface area (Å²) >= 11 is 0. The Labute approximate surface area is 137 Å². The van der Waals surface area contributed by atoms with E-state index in [1.807, 2.05) is 75.4 Å². The smallest absolute Gasteiger partial charge is 0.265 e. The Morgan fingerprint density at radius 1 is 0.957 bits per heavy atom. The fourth-order valence-corrected chi connectivity index (χ4v) is 2.10. The van der Waals surface area contributed by atoms with Crippen molar-refractivity contribution in [3.63, 3.8) is 0 Å². The van der Waals surface area contributed by atoms with Gasteiger partial charge in [-0.2, -0.15) is 0 Å². The van der Waals surface area contributed by atoms with Crippen LogP contribution in [0.1, 0.15) is 27.2 Å². The predicted octanol–water partition coefficient (Wildman–Crippen LogP) is 4.27. The average molecular weight is 313 g/mol. The molecule has 2 aromatic carbocycles. The molecule has 4 nitrogen and oxygen atoms in total. The van der Waals surface area contributed by atoms with Crippen LogP contribution in [0.4, 0.5) is 5.69 Å². The van der Waals surface area contributed by atoms with Gasteiger partial charge in [-0.1, -0.05) is 25.1 Å². The number of rotatable bonds is 7. The molecule has 0 aliphatic carbocycles. The van der Waals surface area contributed by atoms with Crippen LogP contribution in [-0.4, -0.2) is 18.1 Å². The van der Waals surface area contributed by atoms with Gasteiger partial charge in [0.05, 0.1) is 6.10 Å². The lowest BCUT2D eigenvalue weighted by Gasteiger charge is -2.17. The lowest BCUT2D eigenvalue weighted by molar-refractivity contribution is -0.122. The number of amides is 1. The molecule has 0 saturated carbocycles. The number of hydrogen-bond acceptors (Lipinski definition) is 3. The van der Waals surface area contributed by atoms with Crippen LogP contribution in [0.15, 0.2) is 54.6 Å². The van der Waals surface area contributed by atoms with Gasteiger partial charge in [-0.25, -0.2) is 0 Å². The van der Waals surface area contributed by atoms with Gasteiger partial charge in [-0.05, 0) is 56.7 Å². The summed E-state index contributed by atoms with van der Waals surface area (Å²) in [6.07, 6.45) is 0.193. The summed E-state index contributed by atoms with van der Waals surface area (Å²) < 4.78 is 11.3. The van der Waals surface area contributed by atoms with Gasteiger partial charge >= 0.3 is 0 Å². The molecule has 2 aromatic rings. The van der Waals surface area contributed by atoms with E-state index < -0.39 is 6.10 Å². The molecule has 1 unspecified atom stereocenters. The van der Waals surface area contributed by atoms with Crippen LogP contribution in [0.3, 0.4) is 0 Å². The SMILES string of the molecule is CCC(Oc1ccccc1)C(=O)Nc1ccc(OC(C)C)cc1. The lowest BCUT2D eigenvalue weighted by atomic mass is 10.2. The molecule has 0 fully saturated rings. The second kappa shape index (κ2) is 8.22. The molecule has 1 amide bonds. The molecule has 0 bridgehead atoms. The molecule has 0 radical (unpaired) electrons. The molecule has 0 saturated heterocycles. The van der Waals surface area contributed by atoms with E-state index in [2.05, 4.69) is 5.32 Å². The van der Waals surface area contributed by atoms with Crippen LogP contribution in [-0.2, 0) is 4.79 Å². The zero-order chi connectivity index (χ0) is 16.7. The highest BCUT2D eigenvalue weighted by atomic mass is 16.5. The van der Waals surface area contributed by atoms with E-state index in [-0.39, 0.29) is 12.0 Å². The van der Waals surface area contributed by atoms with Crippen molar-refractivity contribution in [1.82, 2.24) is 0 Å². The number of para-hydroxylation sites is 1. The normalized spacial score (nSPS) is 11.8. The average Bonchev–Trinajstić information content (AvgIpc) is 2.55. The molecule has 0 aliphatic heterocycles. The van der Waals surface area contributed by atoms with Crippen molar-refractivity contribution >= 4 is 11.6 Å². The monoisotopic (exact) mass is 313 g/mol. The van der Waals surface area contributed by atoms with Gasteiger partial charge < -0.3 is 14.8 Å². The van der Waals surface area contributed by atoms with Crippen LogP contribution < -0.4 is 14.8 Å². The zero-order valence-electron chi connectivity index (χ0n) is 13.8. The fraction of sp³-hybridized carbons (Fsp3) is 0.316. The molecule has 2 rings (SSSR count). The van der Waals surface area contributed by atoms with E-state index in [0.717, 1.165) is 11.4 Å². The number of ether oxygens (including phenoxy) is 2. The summed E-state index contributed by atoms with van der Waals surface area (Å²) in [6, 6.07) is 16.7. The molecule has 1 atom stereocenters. The second-order valence-corrected chi connectivity index (χ2v) is 5.51. The maximum atomic E-state index is 12.3. The van der Waals surface area contributed by atoms with Crippen molar-refractivity contribution in [3.05, 3.63) is 54.6 Å². The first kappa shape index (κ1) is 16.9. The summed E-state index contributed by atoms with van der Waals surface area (Å²) in [6.45, 7) is 5.87. The standard InChI is InChI=1S/C19H23NO3/c1-4-18(23-16-8-6-5-7-9-16)19(21)20-15-10-12-17(13-11-15)22-14(2)3/h5-14,18H,4H2,1-3H3,(H,20,21). The minimum Gasteiger partial charge on any atom is -0.491 e. The second-order valence-electron chi connectivity index (χ2n) is 5.51. The van der Waals surface area contributed by atoms with Gasteiger partial charge in [0.25, 0.3) is 5.91 Å². The number of benzene rings is 2. The molecule has 4 heteroatoms. The van der Waals surface area contributed by atoms with E-state index in [1.54, 1.807) is 0 Å². The third-order valence-corrected chi connectivity index (χ3v) is 3.18. The Hall–Kier alpha value is -2.49. The maximum absolute atomic E-state index is 12.3. The summed E-state index contributed by atoms with van der Waals surface area (Å²) in [4.78, 5) is 12.3. The molecular formula is C19H23NO3. The number of hydrogen-bond donors (Lipinski definition) is 1. The number of nitrogens with one attached hydrogen (secondary N) is 1. The van der Waals surface area contributed by atoms with Gasteiger partial charge in [0, 0.05) is 5.69 Å². The fourth-order valence-electron chi connectivity index (χ4n) is 2.10. The van der Waals surface area contributed by atoms with E-state index in [1.165, 1.54) is 0 Å². The molecule has 122 valence electrons. The lowest BCUT2D eigenvalue weighted by Crippen LogP contribution is -2.32. The first-order chi connectivity index (χ1) is 11.1. The first-order valence-corrected chi connectivity index (χ1v) is 7.87. The Morgan fingerprint density at radius 2 is 1.57 bits per heavy atom. The number of carbonyl (C=O) groups is 1. The quantitative estimate of drug-likeness (QED) is 0.830. The van der Waals surface area contributed by atoms with Crippen molar-refractivity contribution in [2.45, 2.75) is 39.4 Å². The molecular weight excluding hydrogens is 290 g/mol. The molecule has 0 spiro atoms. The van der Waals surface area contributed by atoms with Crippen LogP contribution in [0.25, 0.3) is 0 Å². The Morgan fingerprint density at radius 3 is 2.13 bits per heavy atom. The van der Waals surface area contributed by atoms with Crippen molar-refractivity contribution in [2.24, 2.45) is 0 Å². The van der Waals surface area contributed by atoms with Gasteiger partial charge in [0.15, 0.2) is 6.10 Å².